The van der Waals surface area contributed by atoms with Gasteiger partial charge in [0.15, 0.2) is 0 Å². The Morgan fingerprint density at radius 2 is 1.74 bits per heavy atom. The molecule has 0 aliphatic heterocycles. The van der Waals surface area contributed by atoms with Crippen LogP contribution in [0, 0.1) is 0 Å². The first-order chi connectivity index (χ1) is 17.8. The Bertz CT molecular complexity index is 1240. The van der Waals surface area contributed by atoms with Crippen LogP contribution in [0.1, 0.15) is 43.7 Å². The second-order valence-electron chi connectivity index (χ2n) is 9.42. The van der Waals surface area contributed by atoms with Crippen molar-refractivity contribution in [2.24, 2.45) is 0 Å². The zero-order valence-corrected chi connectivity index (χ0v) is 22.7. The van der Waals surface area contributed by atoms with Crippen LogP contribution in [-0.2, 0) is 32.2 Å². The molecule has 0 saturated heterocycles. The number of anilines is 1. The molecule has 2 amide bonds. The van der Waals surface area contributed by atoms with Crippen LogP contribution in [0.2, 0.25) is 5.02 Å². The van der Waals surface area contributed by atoms with Crippen LogP contribution in [0.4, 0.5) is 18.9 Å². The number of halogens is 4. The van der Waals surface area contributed by atoms with Gasteiger partial charge in [-0.1, -0.05) is 54.8 Å². The third kappa shape index (κ3) is 7.86. The molecule has 1 aliphatic rings. The molecule has 0 heterocycles. The van der Waals surface area contributed by atoms with E-state index < -0.39 is 45.9 Å². The molecule has 1 aliphatic carbocycles. The third-order valence-electron chi connectivity index (χ3n) is 6.57. The fourth-order valence-corrected chi connectivity index (χ4v) is 5.56. The van der Waals surface area contributed by atoms with Gasteiger partial charge in [0.1, 0.15) is 12.6 Å². The average Bonchev–Trinajstić information content (AvgIpc) is 3.35. The standard InChI is InChI=1S/C26H31ClF3N3O4S/c1-18(25(35)31-21-10-6-7-11-21)32(15-14-19-8-4-3-5-9-19)24(34)17-33(38(2,36)37)23-16-20(26(28,29)30)12-13-22(23)27/h3-5,8-9,12-13,16,18,21H,6-7,10-11,14-15,17H2,1-2H3,(H,31,35)/t18-/m0/s1. The van der Waals surface area contributed by atoms with Crippen LogP contribution in [0.5, 0.6) is 0 Å². The fourth-order valence-electron chi connectivity index (χ4n) is 4.44. The van der Waals surface area contributed by atoms with E-state index in [9.17, 15) is 31.2 Å². The van der Waals surface area contributed by atoms with Crippen LogP contribution >= 0.6 is 11.6 Å². The molecule has 0 bridgehead atoms. The molecule has 208 valence electrons. The summed E-state index contributed by atoms with van der Waals surface area (Å²) in [5.74, 6) is -1.12. The molecule has 0 spiro atoms. The maximum absolute atomic E-state index is 13.5. The van der Waals surface area contributed by atoms with E-state index in [-0.39, 0.29) is 23.5 Å². The van der Waals surface area contributed by atoms with Gasteiger partial charge < -0.3 is 10.2 Å². The van der Waals surface area contributed by atoms with E-state index in [1.165, 1.54) is 4.90 Å². The first kappa shape index (κ1) is 29.8. The second kappa shape index (κ2) is 12.4. The minimum absolute atomic E-state index is 0.00691. The maximum atomic E-state index is 13.5. The SMILES string of the molecule is C[C@@H](C(=O)NC1CCCC1)N(CCc1ccccc1)C(=O)CN(c1cc(C(F)(F)F)ccc1Cl)S(C)(=O)=O. The highest BCUT2D eigenvalue weighted by atomic mass is 35.5. The van der Waals surface area contributed by atoms with E-state index in [1.807, 2.05) is 30.3 Å². The highest BCUT2D eigenvalue weighted by Crippen LogP contribution is 2.36. The quantitative estimate of drug-likeness (QED) is 0.448. The lowest BCUT2D eigenvalue weighted by Gasteiger charge is -2.32. The molecule has 12 heteroatoms. The van der Waals surface area contributed by atoms with Crippen molar-refractivity contribution in [3.05, 3.63) is 64.7 Å². The van der Waals surface area contributed by atoms with Gasteiger partial charge in [0.2, 0.25) is 21.8 Å². The summed E-state index contributed by atoms with van der Waals surface area (Å²) in [6.45, 7) is 0.820. The first-order valence-electron chi connectivity index (χ1n) is 12.3. The van der Waals surface area contributed by atoms with Gasteiger partial charge >= 0.3 is 6.18 Å². The van der Waals surface area contributed by atoms with Crippen molar-refractivity contribution < 1.29 is 31.2 Å². The number of rotatable bonds is 10. The predicted octanol–water partition coefficient (Wildman–Crippen LogP) is 4.64. The number of alkyl halides is 3. The Labute approximate surface area is 226 Å². The van der Waals surface area contributed by atoms with E-state index in [0.717, 1.165) is 49.6 Å². The van der Waals surface area contributed by atoms with Crippen molar-refractivity contribution in [3.63, 3.8) is 0 Å². The zero-order chi connectivity index (χ0) is 28.1. The Balaban J connectivity index is 1.90. The number of nitrogens with one attached hydrogen (secondary N) is 1. The molecule has 1 saturated carbocycles. The van der Waals surface area contributed by atoms with E-state index in [0.29, 0.717) is 16.8 Å². The number of benzene rings is 2. The normalized spacial score (nSPS) is 15.2. The minimum atomic E-state index is -4.75. The largest absolute Gasteiger partial charge is 0.416 e. The van der Waals surface area contributed by atoms with Gasteiger partial charge in [-0.25, -0.2) is 8.42 Å². The van der Waals surface area contributed by atoms with E-state index in [4.69, 9.17) is 11.6 Å². The molecule has 1 N–H and O–H groups in total. The number of carbonyl (C=O) groups is 2. The Kier molecular flexibility index (Phi) is 9.69. The van der Waals surface area contributed by atoms with Gasteiger partial charge in [-0.15, -0.1) is 0 Å². The smallest absolute Gasteiger partial charge is 0.352 e. The molecule has 0 aromatic heterocycles. The topological polar surface area (TPSA) is 86.8 Å². The highest BCUT2D eigenvalue weighted by Gasteiger charge is 2.35. The summed E-state index contributed by atoms with van der Waals surface area (Å²) in [5.41, 5.74) is -0.679. The monoisotopic (exact) mass is 573 g/mol. The van der Waals surface area contributed by atoms with Crippen LogP contribution < -0.4 is 9.62 Å². The summed E-state index contributed by atoms with van der Waals surface area (Å²) in [5, 5.41) is 2.69. The molecule has 1 fully saturated rings. The lowest BCUT2D eigenvalue weighted by atomic mass is 10.1. The molecule has 3 rings (SSSR count). The van der Waals surface area contributed by atoms with Crippen molar-refractivity contribution in [1.29, 1.82) is 0 Å². The molecule has 2 aromatic rings. The summed E-state index contributed by atoms with van der Waals surface area (Å²) in [4.78, 5) is 27.8. The minimum Gasteiger partial charge on any atom is -0.352 e. The summed E-state index contributed by atoms with van der Waals surface area (Å²) in [6.07, 6.45) is 0.0893. The van der Waals surface area contributed by atoms with Crippen LogP contribution in [0.25, 0.3) is 0 Å². The second-order valence-corrected chi connectivity index (χ2v) is 11.7. The van der Waals surface area contributed by atoms with E-state index in [2.05, 4.69) is 5.32 Å². The summed E-state index contributed by atoms with van der Waals surface area (Å²) >= 11 is 6.10. The maximum Gasteiger partial charge on any atom is 0.416 e. The number of hydrogen-bond donors (Lipinski definition) is 1. The molecule has 0 unspecified atom stereocenters. The van der Waals surface area contributed by atoms with Crippen molar-refractivity contribution in [3.8, 4) is 0 Å². The average molecular weight is 574 g/mol. The van der Waals surface area contributed by atoms with Crippen LogP contribution in [0.3, 0.4) is 0 Å². The molecule has 1 atom stereocenters. The molecule has 38 heavy (non-hydrogen) atoms. The van der Waals surface area contributed by atoms with E-state index >= 15 is 0 Å². The van der Waals surface area contributed by atoms with Gasteiger partial charge in [-0.3, -0.25) is 13.9 Å². The number of nitrogens with zero attached hydrogens (tertiary/aromatic N) is 2. The van der Waals surface area contributed by atoms with Gasteiger partial charge in [-0.2, -0.15) is 13.2 Å². The molecular weight excluding hydrogens is 543 g/mol. The molecular formula is C26H31ClF3N3O4S. The van der Waals surface area contributed by atoms with Crippen molar-refractivity contribution in [2.75, 3.05) is 23.7 Å². The molecule has 2 aromatic carbocycles. The van der Waals surface area contributed by atoms with Crippen molar-refractivity contribution in [2.45, 2.75) is 57.3 Å². The number of carbonyl (C=O) groups excluding carboxylic acids is 2. The Morgan fingerprint density at radius 1 is 1.11 bits per heavy atom. The van der Waals surface area contributed by atoms with Crippen LogP contribution in [0.15, 0.2) is 48.5 Å². The molecule has 0 radical (unpaired) electrons. The van der Waals surface area contributed by atoms with Crippen molar-refractivity contribution in [1.82, 2.24) is 10.2 Å². The number of sulfonamides is 1. The van der Waals surface area contributed by atoms with Gasteiger partial charge in [-0.05, 0) is 49.9 Å². The summed E-state index contributed by atoms with van der Waals surface area (Å²) in [7, 11) is -4.23. The Morgan fingerprint density at radius 3 is 2.32 bits per heavy atom. The van der Waals surface area contributed by atoms with Crippen molar-refractivity contribution >= 4 is 39.1 Å². The summed E-state index contributed by atoms with van der Waals surface area (Å²) < 4.78 is 65.9. The Hall–Kier alpha value is -2.79. The van der Waals surface area contributed by atoms with Gasteiger partial charge in [0.25, 0.3) is 0 Å². The van der Waals surface area contributed by atoms with Gasteiger partial charge in [0.05, 0.1) is 22.5 Å². The number of amides is 2. The van der Waals surface area contributed by atoms with Crippen LogP contribution in [-0.4, -0.2) is 56.6 Å². The number of hydrogen-bond acceptors (Lipinski definition) is 4. The van der Waals surface area contributed by atoms with E-state index in [1.54, 1.807) is 6.92 Å². The predicted molar refractivity (Wildman–Crippen MR) is 140 cm³/mol. The highest BCUT2D eigenvalue weighted by molar-refractivity contribution is 7.92. The lowest BCUT2D eigenvalue weighted by molar-refractivity contribution is -0.139. The zero-order valence-electron chi connectivity index (χ0n) is 21.2. The third-order valence-corrected chi connectivity index (χ3v) is 8.02. The van der Waals surface area contributed by atoms with Gasteiger partial charge in [0, 0.05) is 12.6 Å². The fraction of sp³-hybridized carbons (Fsp3) is 0.462. The first-order valence-corrected chi connectivity index (χ1v) is 14.5. The lowest BCUT2D eigenvalue weighted by Crippen LogP contribution is -2.53. The summed E-state index contributed by atoms with van der Waals surface area (Å²) in [6, 6.07) is 10.6. The molecule has 7 nitrogen and oxygen atoms in total.